The Labute approximate surface area is 124 Å². The predicted molar refractivity (Wildman–Crippen MR) is 80.4 cm³/mol. The van der Waals surface area contributed by atoms with E-state index in [1.54, 1.807) is 21.3 Å². The van der Waals surface area contributed by atoms with Gasteiger partial charge in [-0.2, -0.15) is 0 Å². The molecule has 21 heavy (non-hydrogen) atoms. The molecule has 1 aromatic carbocycles. The van der Waals surface area contributed by atoms with Crippen LogP contribution < -0.4 is 19.5 Å². The smallest absolute Gasteiger partial charge is 0.203 e. The molecule has 2 aromatic rings. The highest BCUT2D eigenvalue weighted by Gasteiger charge is 2.24. The van der Waals surface area contributed by atoms with Crippen LogP contribution in [0.1, 0.15) is 23.1 Å². The first-order chi connectivity index (χ1) is 10.2. The lowest BCUT2D eigenvalue weighted by atomic mass is 10.0. The Balaban J connectivity index is 2.55. The molecule has 0 aliphatic rings. The third-order valence-electron chi connectivity index (χ3n) is 3.38. The second-order valence-electron chi connectivity index (χ2n) is 4.59. The Morgan fingerprint density at radius 1 is 0.952 bits per heavy atom. The third-order valence-corrected chi connectivity index (χ3v) is 3.38. The fourth-order valence-electron chi connectivity index (χ4n) is 2.41. The van der Waals surface area contributed by atoms with E-state index in [4.69, 9.17) is 18.6 Å². The van der Waals surface area contributed by atoms with E-state index in [2.05, 4.69) is 5.32 Å². The fraction of sp³-hybridized carbons (Fsp3) is 0.375. The maximum Gasteiger partial charge on any atom is 0.203 e. The number of furan rings is 1. The number of hydrogen-bond donors (Lipinski definition) is 1. The zero-order chi connectivity index (χ0) is 15.4. The fourth-order valence-corrected chi connectivity index (χ4v) is 2.41. The number of benzene rings is 1. The molecule has 0 aliphatic heterocycles. The Morgan fingerprint density at radius 2 is 1.67 bits per heavy atom. The summed E-state index contributed by atoms with van der Waals surface area (Å²) >= 11 is 0. The highest BCUT2D eigenvalue weighted by Crippen LogP contribution is 2.43. The normalized spacial score (nSPS) is 12.0. The molecule has 1 N–H and O–H groups in total. The van der Waals surface area contributed by atoms with Crippen LogP contribution in [0.2, 0.25) is 0 Å². The van der Waals surface area contributed by atoms with Crippen LogP contribution in [-0.2, 0) is 0 Å². The number of hydrogen-bond acceptors (Lipinski definition) is 5. The van der Waals surface area contributed by atoms with Gasteiger partial charge in [0.25, 0.3) is 0 Å². The topological polar surface area (TPSA) is 52.9 Å². The van der Waals surface area contributed by atoms with Gasteiger partial charge in [0.2, 0.25) is 5.75 Å². The van der Waals surface area contributed by atoms with Gasteiger partial charge >= 0.3 is 0 Å². The van der Waals surface area contributed by atoms with Crippen molar-refractivity contribution >= 4 is 0 Å². The second kappa shape index (κ2) is 6.54. The quantitative estimate of drug-likeness (QED) is 0.887. The Morgan fingerprint density at radius 3 is 2.14 bits per heavy atom. The summed E-state index contributed by atoms with van der Waals surface area (Å²) in [5, 5.41) is 3.24. The first kappa shape index (κ1) is 15.3. The van der Waals surface area contributed by atoms with Crippen molar-refractivity contribution in [2.75, 3.05) is 28.4 Å². The molecular weight excluding hydrogens is 270 g/mol. The van der Waals surface area contributed by atoms with Crippen LogP contribution in [0.25, 0.3) is 0 Å². The molecule has 114 valence electrons. The molecule has 0 aliphatic carbocycles. The van der Waals surface area contributed by atoms with Crippen molar-refractivity contribution in [3.63, 3.8) is 0 Å². The van der Waals surface area contributed by atoms with Gasteiger partial charge in [0, 0.05) is 5.56 Å². The minimum absolute atomic E-state index is 0.131. The minimum atomic E-state index is -0.131. The monoisotopic (exact) mass is 291 g/mol. The average Bonchev–Trinajstić information content (AvgIpc) is 2.93. The van der Waals surface area contributed by atoms with Gasteiger partial charge in [0.1, 0.15) is 11.5 Å². The van der Waals surface area contributed by atoms with E-state index in [9.17, 15) is 0 Å². The number of nitrogens with one attached hydrogen (secondary N) is 1. The SMILES string of the molecule is CNC(c1ccc(C)o1)c1ccc(OC)c(OC)c1OC. The molecule has 1 aromatic heterocycles. The lowest BCUT2D eigenvalue weighted by Crippen LogP contribution is -2.18. The molecule has 1 heterocycles. The van der Waals surface area contributed by atoms with Gasteiger partial charge in [0.05, 0.1) is 27.4 Å². The maximum absolute atomic E-state index is 5.73. The summed E-state index contributed by atoms with van der Waals surface area (Å²) in [6, 6.07) is 7.56. The average molecular weight is 291 g/mol. The van der Waals surface area contributed by atoms with E-state index >= 15 is 0 Å². The Hall–Kier alpha value is -2.14. The molecule has 0 fully saturated rings. The van der Waals surface area contributed by atoms with Gasteiger partial charge in [-0.1, -0.05) is 0 Å². The highest BCUT2D eigenvalue weighted by molar-refractivity contribution is 5.57. The summed E-state index contributed by atoms with van der Waals surface area (Å²) in [5.74, 6) is 3.51. The van der Waals surface area contributed by atoms with Crippen LogP contribution >= 0.6 is 0 Å². The maximum atomic E-state index is 5.73. The molecule has 0 bridgehead atoms. The molecule has 0 amide bonds. The molecule has 1 unspecified atom stereocenters. The third kappa shape index (κ3) is 2.83. The van der Waals surface area contributed by atoms with Crippen molar-refractivity contribution in [3.05, 3.63) is 41.3 Å². The number of rotatable bonds is 6. The van der Waals surface area contributed by atoms with E-state index < -0.39 is 0 Å². The Kier molecular flexibility index (Phi) is 4.75. The zero-order valence-corrected chi connectivity index (χ0v) is 13.0. The molecule has 5 nitrogen and oxygen atoms in total. The van der Waals surface area contributed by atoms with Crippen LogP contribution in [0.5, 0.6) is 17.2 Å². The number of ether oxygens (including phenoxy) is 3. The van der Waals surface area contributed by atoms with Crippen LogP contribution in [-0.4, -0.2) is 28.4 Å². The van der Waals surface area contributed by atoms with Crippen molar-refractivity contribution in [1.29, 1.82) is 0 Å². The van der Waals surface area contributed by atoms with Crippen molar-refractivity contribution < 1.29 is 18.6 Å². The number of methoxy groups -OCH3 is 3. The standard InChI is InChI=1S/C16H21NO4/c1-10-6-8-12(21-10)14(17-2)11-7-9-13(18-3)16(20-5)15(11)19-4/h6-9,14,17H,1-5H3. The van der Waals surface area contributed by atoms with Crippen LogP contribution in [0.4, 0.5) is 0 Å². The Bertz CT molecular complexity index is 606. The predicted octanol–water partition coefficient (Wildman–Crippen LogP) is 2.92. The van der Waals surface area contributed by atoms with E-state index in [0.29, 0.717) is 17.2 Å². The van der Waals surface area contributed by atoms with Gasteiger partial charge in [-0.15, -0.1) is 0 Å². The van der Waals surface area contributed by atoms with Crippen molar-refractivity contribution in [3.8, 4) is 17.2 Å². The lowest BCUT2D eigenvalue weighted by Gasteiger charge is -2.20. The van der Waals surface area contributed by atoms with Gasteiger partial charge in [-0.25, -0.2) is 0 Å². The number of aryl methyl sites for hydroxylation is 1. The summed E-state index contributed by atoms with van der Waals surface area (Å²) in [4.78, 5) is 0. The van der Waals surface area contributed by atoms with Gasteiger partial charge < -0.3 is 23.9 Å². The van der Waals surface area contributed by atoms with E-state index in [1.165, 1.54) is 0 Å². The van der Waals surface area contributed by atoms with Gasteiger partial charge in [-0.3, -0.25) is 0 Å². The molecular formula is C16H21NO4. The zero-order valence-electron chi connectivity index (χ0n) is 13.0. The van der Waals surface area contributed by atoms with Gasteiger partial charge in [0.15, 0.2) is 11.5 Å². The summed E-state index contributed by atoms with van der Waals surface area (Å²) in [7, 11) is 6.68. The van der Waals surface area contributed by atoms with Gasteiger partial charge in [-0.05, 0) is 38.2 Å². The van der Waals surface area contributed by atoms with E-state index in [-0.39, 0.29) is 6.04 Å². The molecule has 0 saturated heterocycles. The summed E-state index contributed by atoms with van der Waals surface area (Å²) in [5.41, 5.74) is 0.923. The van der Waals surface area contributed by atoms with E-state index in [0.717, 1.165) is 17.1 Å². The van der Waals surface area contributed by atoms with E-state index in [1.807, 2.05) is 38.2 Å². The molecule has 0 saturated carbocycles. The lowest BCUT2D eigenvalue weighted by molar-refractivity contribution is 0.319. The first-order valence-corrected chi connectivity index (χ1v) is 6.68. The van der Waals surface area contributed by atoms with Crippen molar-refractivity contribution in [2.24, 2.45) is 0 Å². The van der Waals surface area contributed by atoms with Crippen LogP contribution in [0, 0.1) is 6.92 Å². The summed E-state index contributed by atoms with van der Waals surface area (Å²) < 4.78 is 22.0. The van der Waals surface area contributed by atoms with Crippen LogP contribution in [0.15, 0.2) is 28.7 Å². The van der Waals surface area contributed by atoms with Crippen LogP contribution in [0.3, 0.4) is 0 Å². The van der Waals surface area contributed by atoms with Crippen molar-refractivity contribution in [1.82, 2.24) is 5.32 Å². The summed E-state index contributed by atoms with van der Waals surface area (Å²) in [6.45, 7) is 1.92. The molecule has 0 radical (unpaired) electrons. The molecule has 0 spiro atoms. The molecule has 5 heteroatoms. The minimum Gasteiger partial charge on any atom is -0.493 e. The molecule has 2 rings (SSSR count). The highest BCUT2D eigenvalue weighted by atomic mass is 16.5. The largest absolute Gasteiger partial charge is 0.493 e. The summed E-state index contributed by atoms with van der Waals surface area (Å²) in [6.07, 6.45) is 0. The second-order valence-corrected chi connectivity index (χ2v) is 4.59. The van der Waals surface area contributed by atoms with Crippen molar-refractivity contribution in [2.45, 2.75) is 13.0 Å². The molecule has 1 atom stereocenters. The first-order valence-electron chi connectivity index (χ1n) is 6.68.